The van der Waals surface area contributed by atoms with E-state index in [1.807, 2.05) is 36.4 Å². The number of aryl methyl sites for hydroxylation is 2. The van der Waals surface area contributed by atoms with E-state index in [-0.39, 0.29) is 0 Å². The molecule has 1 nitrogen and oxygen atoms in total. The van der Waals surface area contributed by atoms with Crippen LogP contribution in [0.4, 0.5) is 0 Å². The minimum Gasteiger partial charge on any atom is -0.457 e. The van der Waals surface area contributed by atoms with E-state index in [9.17, 15) is 0 Å². The van der Waals surface area contributed by atoms with Gasteiger partial charge in [0.2, 0.25) is 0 Å². The van der Waals surface area contributed by atoms with Crippen molar-refractivity contribution in [3.05, 3.63) is 59.7 Å². The van der Waals surface area contributed by atoms with Gasteiger partial charge in [-0.3, -0.25) is 0 Å². The van der Waals surface area contributed by atoms with Crippen molar-refractivity contribution in [1.29, 1.82) is 0 Å². The van der Waals surface area contributed by atoms with Crippen molar-refractivity contribution in [1.82, 2.24) is 0 Å². The van der Waals surface area contributed by atoms with Crippen LogP contribution in [0.2, 0.25) is 0 Å². The van der Waals surface area contributed by atoms with Crippen LogP contribution in [0.3, 0.4) is 0 Å². The molecule has 0 fully saturated rings. The van der Waals surface area contributed by atoms with Gasteiger partial charge < -0.3 is 4.74 Å². The molecule has 0 amide bonds. The van der Waals surface area contributed by atoms with Crippen LogP contribution in [0.25, 0.3) is 0 Å². The van der Waals surface area contributed by atoms with Gasteiger partial charge in [-0.2, -0.15) is 0 Å². The third kappa shape index (κ3) is 2.43. The van der Waals surface area contributed by atoms with Gasteiger partial charge in [-0.25, -0.2) is 0 Å². The molecule has 0 aliphatic carbocycles. The average molecular weight is 212 g/mol. The molecular formula is C15H16O. The molecule has 82 valence electrons. The lowest BCUT2D eigenvalue weighted by molar-refractivity contribution is 0.476. The first-order valence-electron chi connectivity index (χ1n) is 5.62. The molecule has 0 aliphatic heterocycles. The Labute approximate surface area is 96.7 Å². The summed E-state index contributed by atoms with van der Waals surface area (Å²) in [5.74, 6) is 1.85. The molecule has 1 heteroatoms. The summed E-state index contributed by atoms with van der Waals surface area (Å²) in [5.41, 5.74) is 2.53. The number of hydrogen-bond acceptors (Lipinski definition) is 1. The van der Waals surface area contributed by atoms with Crippen LogP contribution in [0.1, 0.15) is 18.1 Å². The number of para-hydroxylation sites is 1. The van der Waals surface area contributed by atoms with Crippen LogP contribution in [0.5, 0.6) is 11.5 Å². The monoisotopic (exact) mass is 212 g/mol. The molecule has 0 spiro atoms. The van der Waals surface area contributed by atoms with Gasteiger partial charge in [-0.1, -0.05) is 42.8 Å². The summed E-state index contributed by atoms with van der Waals surface area (Å²) >= 11 is 0. The predicted molar refractivity (Wildman–Crippen MR) is 67.1 cm³/mol. The maximum atomic E-state index is 5.86. The number of rotatable bonds is 3. The van der Waals surface area contributed by atoms with Crippen molar-refractivity contribution in [3.63, 3.8) is 0 Å². The van der Waals surface area contributed by atoms with Crippen LogP contribution in [0.15, 0.2) is 48.5 Å². The van der Waals surface area contributed by atoms with Gasteiger partial charge in [0, 0.05) is 0 Å². The molecule has 0 aliphatic rings. The van der Waals surface area contributed by atoms with Crippen LogP contribution < -0.4 is 4.74 Å². The molecule has 16 heavy (non-hydrogen) atoms. The summed E-state index contributed by atoms with van der Waals surface area (Å²) < 4.78 is 5.86. The first-order chi connectivity index (χ1) is 7.79. The summed E-state index contributed by atoms with van der Waals surface area (Å²) in [6.45, 7) is 4.25. The van der Waals surface area contributed by atoms with E-state index in [4.69, 9.17) is 4.74 Å². The fourth-order valence-electron chi connectivity index (χ4n) is 1.70. The predicted octanol–water partition coefficient (Wildman–Crippen LogP) is 4.35. The Bertz CT molecular complexity index is 460. The third-order valence-corrected chi connectivity index (χ3v) is 2.57. The van der Waals surface area contributed by atoms with Crippen molar-refractivity contribution >= 4 is 0 Å². The Hall–Kier alpha value is -1.76. The van der Waals surface area contributed by atoms with E-state index in [0.717, 1.165) is 17.9 Å². The lowest BCUT2D eigenvalue weighted by Crippen LogP contribution is -1.91. The highest BCUT2D eigenvalue weighted by Crippen LogP contribution is 2.26. The van der Waals surface area contributed by atoms with Crippen molar-refractivity contribution in [2.24, 2.45) is 0 Å². The van der Waals surface area contributed by atoms with Crippen molar-refractivity contribution < 1.29 is 4.74 Å². The summed E-state index contributed by atoms with van der Waals surface area (Å²) in [7, 11) is 0. The molecule has 0 aromatic heterocycles. The second kappa shape index (κ2) is 4.84. The summed E-state index contributed by atoms with van der Waals surface area (Å²) in [6, 6.07) is 16.2. The Balaban J connectivity index is 2.28. The van der Waals surface area contributed by atoms with E-state index in [2.05, 4.69) is 26.0 Å². The van der Waals surface area contributed by atoms with Crippen LogP contribution >= 0.6 is 0 Å². The first kappa shape index (κ1) is 10.7. The smallest absolute Gasteiger partial charge is 0.130 e. The molecule has 0 saturated carbocycles. The highest BCUT2D eigenvalue weighted by atomic mass is 16.5. The molecule has 0 bridgehead atoms. The number of benzene rings is 2. The zero-order valence-electron chi connectivity index (χ0n) is 9.73. The molecule has 0 saturated heterocycles. The quantitative estimate of drug-likeness (QED) is 0.735. The normalized spacial score (nSPS) is 10.1. The minimum atomic E-state index is 0.890. The standard InChI is InChI=1S/C15H16O/c1-3-13-11-12(2)9-10-15(13)16-14-7-5-4-6-8-14/h4-11H,3H2,1-2H3. The Morgan fingerprint density at radius 1 is 1.00 bits per heavy atom. The van der Waals surface area contributed by atoms with Gasteiger partial charge in [0.05, 0.1) is 0 Å². The summed E-state index contributed by atoms with van der Waals surface area (Å²) in [4.78, 5) is 0. The van der Waals surface area contributed by atoms with Gasteiger partial charge in [-0.15, -0.1) is 0 Å². The summed E-state index contributed by atoms with van der Waals surface area (Å²) in [5, 5.41) is 0. The van der Waals surface area contributed by atoms with Gasteiger partial charge in [-0.05, 0) is 37.1 Å². The lowest BCUT2D eigenvalue weighted by atomic mass is 10.1. The molecule has 0 N–H and O–H groups in total. The van der Waals surface area contributed by atoms with Gasteiger partial charge in [0.1, 0.15) is 11.5 Å². The Kier molecular flexibility index (Phi) is 3.25. The zero-order chi connectivity index (χ0) is 11.4. The maximum Gasteiger partial charge on any atom is 0.130 e. The van der Waals surface area contributed by atoms with E-state index >= 15 is 0 Å². The van der Waals surface area contributed by atoms with Crippen LogP contribution in [0, 0.1) is 6.92 Å². The largest absolute Gasteiger partial charge is 0.457 e. The van der Waals surface area contributed by atoms with E-state index < -0.39 is 0 Å². The second-order valence-corrected chi connectivity index (χ2v) is 3.88. The molecule has 0 atom stereocenters. The molecule has 2 aromatic carbocycles. The third-order valence-electron chi connectivity index (χ3n) is 2.57. The molecule has 0 radical (unpaired) electrons. The van der Waals surface area contributed by atoms with Crippen LogP contribution in [-0.2, 0) is 6.42 Å². The zero-order valence-corrected chi connectivity index (χ0v) is 9.73. The van der Waals surface area contributed by atoms with Crippen molar-refractivity contribution in [2.45, 2.75) is 20.3 Å². The fourth-order valence-corrected chi connectivity index (χ4v) is 1.70. The van der Waals surface area contributed by atoms with Crippen LogP contribution in [-0.4, -0.2) is 0 Å². The first-order valence-corrected chi connectivity index (χ1v) is 5.62. The van der Waals surface area contributed by atoms with Crippen molar-refractivity contribution in [2.75, 3.05) is 0 Å². The number of ether oxygens (including phenoxy) is 1. The minimum absolute atomic E-state index is 0.890. The Morgan fingerprint density at radius 2 is 1.75 bits per heavy atom. The molecule has 2 aromatic rings. The SMILES string of the molecule is CCc1cc(C)ccc1Oc1ccccc1. The van der Waals surface area contributed by atoms with Crippen molar-refractivity contribution in [3.8, 4) is 11.5 Å². The fraction of sp³-hybridized carbons (Fsp3) is 0.200. The Morgan fingerprint density at radius 3 is 2.44 bits per heavy atom. The van der Waals surface area contributed by atoms with Gasteiger partial charge >= 0.3 is 0 Å². The topological polar surface area (TPSA) is 9.23 Å². The molecule has 2 rings (SSSR count). The van der Waals surface area contributed by atoms with E-state index in [1.54, 1.807) is 0 Å². The van der Waals surface area contributed by atoms with Gasteiger partial charge in [0.25, 0.3) is 0 Å². The molecular weight excluding hydrogens is 196 g/mol. The second-order valence-electron chi connectivity index (χ2n) is 3.88. The van der Waals surface area contributed by atoms with E-state index in [1.165, 1.54) is 11.1 Å². The van der Waals surface area contributed by atoms with E-state index in [0.29, 0.717) is 0 Å². The maximum absolute atomic E-state index is 5.86. The summed E-state index contributed by atoms with van der Waals surface area (Å²) in [6.07, 6.45) is 0.990. The molecule has 0 heterocycles. The molecule has 0 unspecified atom stereocenters. The lowest BCUT2D eigenvalue weighted by Gasteiger charge is -2.10. The average Bonchev–Trinajstić information content (AvgIpc) is 2.33. The highest BCUT2D eigenvalue weighted by molar-refractivity contribution is 5.40. The number of hydrogen-bond donors (Lipinski definition) is 0. The highest BCUT2D eigenvalue weighted by Gasteiger charge is 2.03. The van der Waals surface area contributed by atoms with Gasteiger partial charge in [0.15, 0.2) is 0 Å².